The second-order valence-electron chi connectivity index (χ2n) is 3.93. The van der Waals surface area contributed by atoms with Gasteiger partial charge in [-0.1, -0.05) is 0 Å². The predicted octanol–water partition coefficient (Wildman–Crippen LogP) is 2.28. The molecule has 0 aromatic carbocycles. The molecule has 0 saturated carbocycles. The van der Waals surface area contributed by atoms with E-state index in [4.69, 9.17) is 12.2 Å². The molecule has 3 aromatic rings. The van der Waals surface area contributed by atoms with Gasteiger partial charge in [-0.25, -0.2) is 5.10 Å². The summed E-state index contributed by atoms with van der Waals surface area (Å²) in [6, 6.07) is 7.42. The number of pyridine rings is 2. The highest BCUT2D eigenvalue weighted by Gasteiger charge is 2.07. The summed E-state index contributed by atoms with van der Waals surface area (Å²) in [6.07, 6.45) is 8.52. The number of nitrogens with zero attached hydrogens (tertiary/aromatic N) is 5. The molecule has 0 radical (unpaired) electrons. The van der Waals surface area contributed by atoms with Crippen molar-refractivity contribution in [1.82, 2.24) is 24.8 Å². The quantitative estimate of drug-likeness (QED) is 0.591. The van der Waals surface area contributed by atoms with Crippen molar-refractivity contribution in [3.63, 3.8) is 0 Å². The zero-order valence-corrected chi connectivity index (χ0v) is 11.2. The lowest BCUT2D eigenvalue weighted by atomic mass is 10.2. The molecule has 0 bridgehead atoms. The van der Waals surface area contributed by atoms with E-state index in [0.717, 1.165) is 11.1 Å². The lowest BCUT2D eigenvalue weighted by Crippen LogP contribution is -1.95. The minimum Gasteiger partial charge on any atom is -0.265 e. The lowest BCUT2D eigenvalue weighted by Gasteiger charge is -1.99. The van der Waals surface area contributed by atoms with E-state index in [1.807, 2.05) is 24.3 Å². The Balaban J connectivity index is 2.01. The van der Waals surface area contributed by atoms with E-state index in [2.05, 4.69) is 25.3 Å². The summed E-state index contributed by atoms with van der Waals surface area (Å²) in [7, 11) is 0. The largest absolute Gasteiger partial charge is 0.265 e. The van der Waals surface area contributed by atoms with Gasteiger partial charge in [-0.3, -0.25) is 9.97 Å². The Labute approximate surface area is 119 Å². The number of nitrogens with one attached hydrogen (secondary N) is 1. The van der Waals surface area contributed by atoms with Crippen molar-refractivity contribution in [1.29, 1.82) is 0 Å². The summed E-state index contributed by atoms with van der Waals surface area (Å²) in [4.78, 5) is 7.94. The van der Waals surface area contributed by atoms with Crippen molar-refractivity contribution in [3.05, 3.63) is 59.4 Å². The first-order valence-electron chi connectivity index (χ1n) is 5.87. The van der Waals surface area contributed by atoms with Crippen molar-refractivity contribution in [2.75, 3.05) is 0 Å². The van der Waals surface area contributed by atoms with Crippen LogP contribution in [0.25, 0.3) is 11.4 Å². The van der Waals surface area contributed by atoms with E-state index in [-0.39, 0.29) is 0 Å². The standard InChI is InChI=1S/C13H10N6S/c20-13-18-17-12(11-3-7-15-8-4-11)19(13)16-9-10-1-5-14-6-2-10/h1-9H,(H,18,20)/b16-9-. The third-order valence-corrected chi connectivity index (χ3v) is 2.88. The molecule has 3 aromatic heterocycles. The molecule has 0 amide bonds. The van der Waals surface area contributed by atoms with Crippen molar-refractivity contribution in [2.45, 2.75) is 0 Å². The second-order valence-corrected chi connectivity index (χ2v) is 4.31. The zero-order valence-electron chi connectivity index (χ0n) is 10.3. The highest BCUT2D eigenvalue weighted by Crippen LogP contribution is 2.15. The van der Waals surface area contributed by atoms with Crippen LogP contribution in [-0.2, 0) is 0 Å². The fourth-order valence-electron chi connectivity index (χ4n) is 1.66. The van der Waals surface area contributed by atoms with Crippen molar-refractivity contribution in [3.8, 4) is 11.4 Å². The summed E-state index contributed by atoms with van der Waals surface area (Å²) in [6.45, 7) is 0. The van der Waals surface area contributed by atoms with Gasteiger partial charge in [-0.05, 0) is 42.0 Å². The molecule has 0 aliphatic rings. The van der Waals surface area contributed by atoms with E-state index in [1.165, 1.54) is 0 Å². The fourth-order valence-corrected chi connectivity index (χ4v) is 1.84. The number of aromatic nitrogens is 5. The maximum absolute atomic E-state index is 5.19. The average molecular weight is 282 g/mol. The van der Waals surface area contributed by atoms with Gasteiger partial charge in [0.2, 0.25) is 4.77 Å². The zero-order chi connectivity index (χ0) is 13.8. The highest BCUT2D eigenvalue weighted by atomic mass is 32.1. The fraction of sp³-hybridized carbons (Fsp3) is 0. The third kappa shape index (κ3) is 2.52. The van der Waals surface area contributed by atoms with Crippen LogP contribution in [0.5, 0.6) is 0 Å². The van der Waals surface area contributed by atoms with Crippen molar-refractivity contribution < 1.29 is 0 Å². The highest BCUT2D eigenvalue weighted by molar-refractivity contribution is 7.71. The van der Waals surface area contributed by atoms with Crippen LogP contribution >= 0.6 is 12.2 Å². The summed E-state index contributed by atoms with van der Waals surface area (Å²) >= 11 is 5.19. The first-order valence-corrected chi connectivity index (χ1v) is 6.27. The molecule has 0 aliphatic carbocycles. The van der Waals surface area contributed by atoms with Crippen molar-refractivity contribution >= 4 is 18.4 Å². The smallest absolute Gasteiger partial charge is 0.216 e. The Morgan fingerprint density at radius 2 is 1.70 bits per heavy atom. The molecular formula is C13H10N6S. The van der Waals surface area contributed by atoms with Crippen LogP contribution < -0.4 is 0 Å². The Kier molecular flexibility index (Phi) is 3.42. The van der Waals surface area contributed by atoms with Crippen LogP contribution in [0.3, 0.4) is 0 Å². The predicted molar refractivity (Wildman–Crippen MR) is 77.9 cm³/mol. The van der Waals surface area contributed by atoms with E-state index in [9.17, 15) is 0 Å². The van der Waals surface area contributed by atoms with Gasteiger partial charge in [-0.2, -0.15) is 14.9 Å². The summed E-state index contributed by atoms with van der Waals surface area (Å²) < 4.78 is 2.01. The first-order chi connectivity index (χ1) is 9.84. The van der Waals surface area contributed by atoms with Gasteiger partial charge < -0.3 is 0 Å². The van der Waals surface area contributed by atoms with Gasteiger partial charge in [0.05, 0.1) is 6.21 Å². The van der Waals surface area contributed by atoms with E-state index in [0.29, 0.717) is 10.6 Å². The monoisotopic (exact) mass is 282 g/mol. The molecule has 0 unspecified atom stereocenters. The van der Waals surface area contributed by atoms with Gasteiger partial charge in [-0.15, -0.1) is 0 Å². The summed E-state index contributed by atoms with van der Waals surface area (Å²) in [5.74, 6) is 0.641. The van der Waals surface area contributed by atoms with Crippen LogP contribution in [-0.4, -0.2) is 31.1 Å². The summed E-state index contributed by atoms with van der Waals surface area (Å²) in [5.41, 5.74) is 1.82. The van der Waals surface area contributed by atoms with E-state index in [1.54, 1.807) is 35.7 Å². The number of rotatable bonds is 3. The Morgan fingerprint density at radius 1 is 1.05 bits per heavy atom. The summed E-state index contributed by atoms with van der Waals surface area (Å²) in [5, 5.41) is 11.3. The maximum Gasteiger partial charge on any atom is 0.216 e. The number of H-pyrrole nitrogens is 1. The molecule has 98 valence electrons. The Morgan fingerprint density at radius 3 is 2.40 bits per heavy atom. The minimum atomic E-state index is 0.433. The Hall–Kier alpha value is -2.67. The molecule has 7 heteroatoms. The lowest BCUT2D eigenvalue weighted by molar-refractivity contribution is 0.871. The van der Waals surface area contributed by atoms with Crippen LogP contribution in [0.1, 0.15) is 5.56 Å². The molecule has 1 N–H and O–H groups in total. The average Bonchev–Trinajstić information content (AvgIpc) is 2.88. The maximum atomic E-state index is 5.19. The van der Waals surface area contributed by atoms with Crippen LogP contribution in [0.4, 0.5) is 0 Å². The second kappa shape index (κ2) is 5.54. The normalized spacial score (nSPS) is 11.0. The van der Waals surface area contributed by atoms with Crippen molar-refractivity contribution in [2.24, 2.45) is 5.10 Å². The number of aromatic amines is 1. The van der Waals surface area contributed by atoms with E-state index >= 15 is 0 Å². The molecule has 0 spiro atoms. The molecule has 0 aliphatic heterocycles. The number of hydrogen-bond donors (Lipinski definition) is 1. The minimum absolute atomic E-state index is 0.433. The van der Waals surface area contributed by atoms with Crippen LogP contribution in [0.15, 0.2) is 54.2 Å². The third-order valence-electron chi connectivity index (χ3n) is 2.62. The van der Waals surface area contributed by atoms with Gasteiger partial charge in [0, 0.05) is 30.4 Å². The van der Waals surface area contributed by atoms with Gasteiger partial charge in [0.1, 0.15) is 0 Å². The topological polar surface area (TPSA) is 71.8 Å². The molecule has 3 rings (SSSR count). The molecule has 6 nitrogen and oxygen atoms in total. The molecule has 3 heterocycles. The molecule has 0 fully saturated rings. The van der Waals surface area contributed by atoms with Gasteiger partial charge in [0.15, 0.2) is 5.82 Å². The number of hydrogen-bond acceptors (Lipinski definition) is 5. The molecular weight excluding hydrogens is 272 g/mol. The first kappa shape index (κ1) is 12.4. The SMILES string of the molecule is S=c1[nH]nc(-c2ccncc2)n1/N=C\c1ccncc1. The van der Waals surface area contributed by atoms with Crippen LogP contribution in [0, 0.1) is 4.77 Å². The molecule has 0 atom stereocenters. The Bertz CT molecular complexity index is 775. The molecule has 0 saturated heterocycles. The van der Waals surface area contributed by atoms with E-state index < -0.39 is 0 Å². The van der Waals surface area contributed by atoms with Gasteiger partial charge in [0.25, 0.3) is 0 Å². The van der Waals surface area contributed by atoms with Gasteiger partial charge >= 0.3 is 0 Å². The molecule has 20 heavy (non-hydrogen) atoms. The van der Waals surface area contributed by atoms with Crippen LogP contribution in [0.2, 0.25) is 0 Å².